The van der Waals surface area contributed by atoms with Crippen molar-refractivity contribution in [1.29, 1.82) is 0 Å². The van der Waals surface area contributed by atoms with Crippen molar-refractivity contribution in [2.45, 2.75) is 224 Å². The van der Waals surface area contributed by atoms with Crippen LogP contribution in [0.3, 0.4) is 0 Å². The van der Waals surface area contributed by atoms with E-state index >= 15 is 0 Å². The fraction of sp³-hybridized carbons (Fsp3) is 0.564. The zero-order valence-corrected chi connectivity index (χ0v) is 66.0. The highest BCUT2D eigenvalue weighted by Gasteiger charge is 2.41. The number of nitrogens with two attached hydrogens (primary N) is 2. The molecule has 5 aromatic rings. The smallest absolute Gasteiger partial charge is 0.329 e. The van der Waals surface area contributed by atoms with Crippen molar-refractivity contribution < 1.29 is 86.9 Å². The quantitative estimate of drug-likeness (QED) is 0.0263. The first-order valence-electron chi connectivity index (χ1n) is 39.4. The number of aromatic amines is 3. The molecular weight excluding hydrogens is 1490 g/mol. The molecule has 7 rings (SSSR count). The lowest BCUT2D eigenvalue weighted by Gasteiger charge is -2.32. The number of primary amides is 1. The molecule has 3 aromatic heterocycles. The van der Waals surface area contributed by atoms with E-state index in [4.69, 9.17) is 16.2 Å². The Hall–Kier alpha value is -11.7. The van der Waals surface area contributed by atoms with Crippen LogP contribution in [-0.2, 0) is 91.1 Å². The monoisotopic (exact) mass is 1600 g/mol. The first-order valence-corrected chi connectivity index (χ1v) is 39.4. The van der Waals surface area contributed by atoms with Crippen LogP contribution in [0.2, 0.25) is 0 Å². The zero-order chi connectivity index (χ0) is 83.8. The topological polar surface area (TPSA) is 566 Å². The number of aromatic nitrogens is 4. The van der Waals surface area contributed by atoms with Gasteiger partial charge < -0.3 is 110 Å². The Morgan fingerprint density at radius 1 is 0.565 bits per heavy atom. The lowest BCUT2D eigenvalue weighted by atomic mass is 10.0. The summed E-state index contributed by atoms with van der Waals surface area (Å²) in [4.78, 5) is 226. The number of benzene rings is 2. The van der Waals surface area contributed by atoms with E-state index in [0.29, 0.717) is 63.8 Å². The van der Waals surface area contributed by atoms with Crippen molar-refractivity contribution in [2.24, 2.45) is 29.2 Å². The molecule has 2 saturated heterocycles. The van der Waals surface area contributed by atoms with Crippen molar-refractivity contribution in [1.82, 2.24) is 88.6 Å². The number of amides is 14. The van der Waals surface area contributed by atoms with Crippen molar-refractivity contribution in [3.8, 4) is 5.75 Å². The van der Waals surface area contributed by atoms with Gasteiger partial charge in [-0.15, -0.1) is 0 Å². The largest absolute Gasteiger partial charge is 0.508 e. The van der Waals surface area contributed by atoms with Crippen LogP contribution < -0.4 is 75.3 Å². The normalized spacial score (nSPS) is 22.7. The van der Waals surface area contributed by atoms with Crippen LogP contribution in [0.1, 0.15) is 161 Å². The molecule has 2 aliphatic heterocycles. The average molecular weight is 1600 g/mol. The number of imidazole rings is 1. The number of nitrogens with zero attached hydrogens (tertiary/aromatic N) is 2. The van der Waals surface area contributed by atoms with E-state index in [-0.39, 0.29) is 83.2 Å². The molecule has 2 fully saturated rings. The molecule has 0 radical (unpaired) electrons. The minimum Gasteiger partial charge on any atom is -0.508 e. The molecule has 37 heteroatoms. The SMILES string of the molecule is CC(C)CCCCCCCCC1CC(=O)N[C@@H](CCCN)C(=O)N[C@@H](Cc2cnc[nH]2)C(=O)N[C@@H](C(C)C)C(=O)N2CCC[C@H]2C(=O)NCC(=O)N[C@@H](CCCNC(N)=O)C(=O)N[C@@H](Cc2c[nH]c3ccc(O)cc23)C(=O)NCC(=O)N[C@@H](Cc2c[nH]c3ccccc23)C(=O)NCC(=O)N[C@@H](C(C)C)C(=O)N[C@@H](CC(=O)O)C(=O)O1. The third kappa shape index (κ3) is 29.0. The highest BCUT2D eigenvalue weighted by molar-refractivity contribution is 6.00. The summed E-state index contributed by atoms with van der Waals surface area (Å²) in [5.74, 6) is -14.4. The number of ether oxygens (including phenoxy) is 1. The number of aliphatic carboxylic acids is 1. The lowest BCUT2D eigenvalue weighted by Crippen LogP contribution is -2.60. The molecule has 0 spiro atoms. The first-order chi connectivity index (χ1) is 54.9. The number of carboxylic acids is 1. The van der Waals surface area contributed by atoms with E-state index in [1.165, 1.54) is 35.8 Å². The molecule has 115 heavy (non-hydrogen) atoms. The highest BCUT2D eigenvalue weighted by Crippen LogP contribution is 2.26. The Balaban J connectivity index is 1.22. The number of nitrogens with one attached hydrogen (secondary N) is 15. The van der Waals surface area contributed by atoms with E-state index in [0.717, 1.165) is 32.1 Å². The van der Waals surface area contributed by atoms with Gasteiger partial charge in [0.15, 0.2) is 0 Å². The standard InChI is InChI=1S/C78H113N19O18/c1-43(2)18-11-9-7-8-10-12-19-50-34-62(99)89-55(22-15-27-79)71(107)93-59(32-48-38-81-42-88-48)73(109)96-68(45(5)6)76(112)97-29-17-24-61(97)74(110)87-40-63(100)90-56(23-16-28-82-78(80)114)72(108)92-58(31-47-37-84-54-26-25-49(98)33-52(47)54)70(106)85-39-64(101)91-57(30-46-36-83-53-21-14-13-20-51(46)53)69(105)86-41-65(102)95-67(44(3)4)75(111)94-60(35-66(103)104)77(113)115-50/h13-14,20-21,25-26,33,36-38,42-45,50,55-61,67-68,83-84,98H,7-12,15-19,22-24,27-32,34-35,39-41,79H2,1-6H3,(H,81,88)(H,85,106)(H,86,105)(H,87,110)(H,89,99)(H,90,100)(H,91,101)(H,92,108)(H,93,107)(H,94,111)(H,95,102)(H,96,109)(H,103,104)(H3,80,82,114)/t50?,55-,56-,57-,58-,59-,60-,61-,67-,68-/m0/s1. The fourth-order valence-corrected chi connectivity index (χ4v) is 13.8. The second-order valence-electron chi connectivity index (χ2n) is 30.3. The summed E-state index contributed by atoms with van der Waals surface area (Å²) in [6.45, 7) is 8.30. The number of H-pyrrole nitrogens is 3. The number of urea groups is 1. The van der Waals surface area contributed by atoms with Crippen LogP contribution in [0.15, 0.2) is 67.4 Å². The number of hydrogen-bond acceptors (Lipinski definition) is 19. The Labute approximate surface area is 665 Å². The number of carboxylic acid groups (broad SMARTS) is 1. The number of cyclic esters (lactones) is 1. The predicted molar refractivity (Wildman–Crippen MR) is 420 cm³/mol. The van der Waals surface area contributed by atoms with Crippen molar-refractivity contribution in [3.63, 3.8) is 0 Å². The van der Waals surface area contributed by atoms with Crippen molar-refractivity contribution in [2.75, 3.05) is 39.3 Å². The summed E-state index contributed by atoms with van der Waals surface area (Å²) in [6.07, 6.45) is 8.62. The van der Waals surface area contributed by atoms with Crippen LogP contribution in [-0.4, -0.2) is 224 Å². The molecule has 2 aliphatic rings. The van der Waals surface area contributed by atoms with Gasteiger partial charge in [0.2, 0.25) is 70.9 Å². The number of rotatable bonds is 26. The fourth-order valence-electron chi connectivity index (χ4n) is 13.8. The van der Waals surface area contributed by atoms with Gasteiger partial charge >= 0.3 is 18.0 Å². The van der Waals surface area contributed by atoms with Crippen molar-refractivity contribution in [3.05, 3.63) is 84.2 Å². The molecule has 10 atom stereocenters. The molecule has 2 aromatic carbocycles. The third-order valence-corrected chi connectivity index (χ3v) is 20.0. The molecule has 37 nitrogen and oxygen atoms in total. The molecule has 14 amide bonds. The molecule has 0 saturated carbocycles. The molecule has 21 N–H and O–H groups in total. The summed E-state index contributed by atoms with van der Waals surface area (Å²) in [5, 5.41) is 52.7. The predicted octanol–water partition coefficient (Wildman–Crippen LogP) is 0.390. The van der Waals surface area contributed by atoms with Gasteiger partial charge in [0.05, 0.1) is 38.8 Å². The number of hydrogen-bond donors (Lipinski definition) is 19. The summed E-state index contributed by atoms with van der Waals surface area (Å²) in [6, 6.07) is -2.68. The van der Waals surface area contributed by atoms with E-state index in [1.54, 1.807) is 64.2 Å². The second kappa shape index (κ2) is 45.3. The first kappa shape index (κ1) is 90.5. The lowest BCUT2D eigenvalue weighted by molar-refractivity contribution is -0.157. The highest BCUT2D eigenvalue weighted by atomic mass is 16.5. The van der Waals surface area contributed by atoms with Gasteiger partial charge in [0, 0.05) is 78.4 Å². The number of carbonyl (C=O) groups is 15. The second-order valence-corrected chi connectivity index (χ2v) is 30.3. The number of aromatic hydroxyl groups is 1. The Morgan fingerprint density at radius 2 is 1.11 bits per heavy atom. The van der Waals surface area contributed by atoms with Gasteiger partial charge in [-0.1, -0.05) is 98.3 Å². The van der Waals surface area contributed by atoms with Crippen LogP contribution >= 0.6 is 0 Å². The van der Waals surface area contributed by atoms with Crippen molar-refractivity contribution >= 4 is 111 Å². The van der Waals surface area contributed by atoms with Gasteiger partial charge in [-0.25, -0.2) is 14.6 Å². The van der Waals surface area contributed by atoms with Crippen LogP contribution in [0, 0.1) is 17.8 Å². The number of carbonyl (C=O) groups excluding carboxylic acids is 14. The average Bonchev–Trinajstić information content (AvgIpc) is 1.70. The summed E-state index contributed by atoms with van der Waals surface area (Å²) in [7, 11) is 0. The maximum Gasteiger partial charge on any atom is 0.329 e. The van der Waals surface area contributed by atoms with Gasteiger partial charge in [-0.05, 0) is 111 Å². The summed E-state index contributed by atoms with van der Waals surface area (Å²) < 4.78 is 5.94. The Bertz CT molecular complexity index is 4180. The maximum atomic E-state index is 14.8. The van der Waals surface area contributed by atoms with E-state index in [9.17, 15) is 82.1 Å². The number of phenolic OH excluding ortho intramolecular Hbond substituents is 1. The number of fused-ring (bicyclic) bond motifs is 3. The third-order valence-electron chi connectivity index (χ3n) is 20.0. The minimum atomic E-state index is -1.90. The molecule has 5 heterocycles. The Morgan fingerprint density at radius 3 is 1.72 bits per heavy atom. The summed E-state index contributed by atoms with van der Waals surface area (Å²) >= 11 is 0. The van der Waals surface area contributed by atoms with Crippen LogP contribution in [0.25, 0.3) is 21.8 Å². The molecule has 1 unspecified atom stereocenters. The van der Waals surface area contributed by atoms with Gasteiger partial charge in [0.1, 0.15) is 66.2 Å². The zero-order valence-electron chi connectivity index (χ0n) is 66.0. The number of esters is 1. The van der Waals surface area contributed by atoms with Gasteiger partial charge in [-0.3, -0.25) is 62.3 Å². The maximum absolute atomic E-state index is 14.8. The van der Waals surface area contributed by atoms with Gasteiger partial charge in [0.25, 0.3) is 0 Å². The van der Waals surface area contributed by atoms with E-state index < -0.39 is 194 Å². The van der Waals surface area contributed by atoms with E-state index in [1.807, 2.05) is 0 Å². The minimum absolute atomic E-state index is 0.0198. The number of para-hydroxylation sites is 1. The summed E-state index contributed by atoms with van der Waals surface area (Å²) in [5.41, 5.74) is 13.8. The Kier molecular flexibility index (Phi) is 35.7. The van der Waals surface area contributed by atoms with Gasteiger partial charge in [-0.2, -0.15) is 0 Å². The molecule has 628 valence electrons. The number of phenols is 1. The molecule has 0 aliphatic carbocycles. The van der Waals surface area contributed by atoms with Crippen LogP contribution in [0.4, 0.5) is 4.79 Å². The molecular formula is C78H113N19O18. The van der Waals surface area contributed by atoms with E-state index in [2.05, 4.69) is 97.6 Å². The van der Waals surface area contributed by atoms with Crippen LogP contribution in [0.5, 0.6) is 5.75 Å². The number of unbranched alkanes of at least 4 members (excludes halogenated alkanes) is 5. The molecule has 0 bridgehead atoms.